The Bertz CT molecular complexity index is 346. The molecular weight excluding hydrogens is 204 g/mol. The van der Waals surface area contributed by atoms with Crippen molar-refractivity contribution in [3.8, 4) is 0 Å². The van der Waals surface area contributed by atoms with Gasteiger partial charge in [0.2, 0.25) is 5.89 Å². The highest BCUT2D eigenvalue weighted by Gasteiger charge is 2.38. The largest absolute Gasteiger partial charge is 0.406 e. The van der Waals surface area contributed by atoms with Crippen molar-refractivity contribution in [3.63, 3.8) is 0 Å². The summed E-state index contributed by atoms with van der Waals surface area (Å²) in [7, 11) is 0. The first-order valence-electron chi connectivity index (χ1n) is 5.98. The number of hydrogen-bond donors (Lipinski definition) is 2. The summed E-state index contributed by atoms with van der Waals surface area (Å²) in [6.45, 7) is 7.29. The Kier molecular flexibility index (Phi) is 3.14. The van der Waals surface area contributed by atoms with E-state index in [9.17, 15) is 0 Å². The van der Waals surface area contributed by atoms with Crippen LogP contribution < -0.4 is 10.6 Å². The molecule has 1 aliphatic carbocycles. The Labute approximate surface area is 96.0 Å². The van der Waals surface area contributed by atoms with E-state index in [-0.39, 0.29) is 11.6 Å². The van der Waals surface area contributed by atoms with E-state index in [0.29, 0.717) is 11.9 Å². The average Bonchev–Trinajstić information content (AvgIpc) is 2.79. The van der Waals surface area contributed by atoms with E-state index < -0.39 is 0 Å². The SMILES string of the molecule is CCCNC(C)c1nnc(NC2(C)CC2)o1. The third-order valence-corrected chi connectivity index (χ3v) is 2.92. The highest BCUT2D eigenvalue weighted by atomic mass is 16.4. The second-order valence-corrected chi connectivity index (χ2v) is 4.81. The maximum atomic E-state index is 5.56. The molecule has 1 heterocycles. The Balaban J connectivity index is 1.90. The summed E-state index contributed by atoms with van der Waals surface area (Å²) in [4.78, 5) is 0. The molecule has 5 nitrogen and oxygen atoms in total. The van der Waals surface area contributed by atoms with E-state index in [4.69, 9.17) is 4.42 Å². The van der Waals surface area contributed by atoms with Crippen LogP contribution in [0.15, 0.2) is 4.42 Å². The quantitative estimate of drug-likeness (QED) is 0.774. The van der Waals surface area contributed by atoms with E-state index in [0.717, 1.165) is 13.0 Å². The van der Waals surface area contributed by atoms with Gasteiger partial charge in [-0.25, -0.2) is 0 Å². The Hall–Kier alpha value is -1.10. The predicted octanol–water partition coefficient (Wildman–Crippen LogP) is 2.09. The summed E-state index contributed by atoms with van der Waals surface area (Å²) >= 11 is 0. The van der Waals surface area contributed by atoms with Crippen LogP contribution in [0.2, 0.25) is 0 Å². The van der Waals surface area contributed by atoms with E-state index in [1.807, 2.05) is 6.92 Å². The van der Waals surface area contributed by atoms with Crippen LogP contribution in [0, 0.1) is 0 Å². The third kappa shape index (κ3) is 2.72. The molecule has 2 rings (SSSR count). The Morgan fingerprint density at radius 3 is 2.81 bits per heavy atom. The number of aromatic nitrogens is 2. The summed E-state index contributed by atoms with van der Waals surface area (Å²) in [5.41, 5.74) is 0.184. The van der Waals surface area contributed by atoms with Crippen molar-refractivity contribution in [1.82, 2.24) is 15.5 Å². The third-order valence-electron chi connectivity index (χ3n) is 2.92. The maximum Gasteiger partial charge on any atom is 0.315 e. The van der Waals surface area contributed by atoms with Crippen molar-refractivity contribution in [3.05, 3.63) is 5.89 Å². The fourth-order valence-electron chi connectivity index (χ4n) is 1.48. The van der Waals surface area contributed by atoms with Gasteiger partial charge in [-0.05, 0) is 39.7 Å². The molecule has 0 radical (unpaired) electrons. The Morgan fingerprint density at radius 2 is 2.19 bits per heavy atom. The van der Waals surface area contributed by atoms with E-state index in [1.54, 1.807) is 0 Å². The van der Waals surface area contributed by atoms with Gasteiger partial charge in [-0.1, -0.05) is 12.0 Å². The molecule has 2 N–H and O–H groups in total. The number of anilines is 1. The molecule has 0 amide bonds. The fraction of sp³-hybridized carbons (Fsp3) is 0.818. The topological polar surface area (TPSA) is 63.0 Å². The Morgan fingerprint density at radius 1 is 1.44 bits per heavy atom. The van der Waals surface area contributed by atoms with Crippen LogP contribution in [0.1, 0.15) is 52.0 Å². The molecule has 0 aromatic carbocycles. The average molecular weight is 224 g/mol. The number of hydrogen-bond acceptors (Lipinski definition) is 5. The van der Waals surface area contributed by atoms with E-state index in [1.165, 1.54) is 12.8 Å². The number of nitrogens with one attached hydrogen (secondary N) is 2. The van der Waals surface area contributed by atoms with Gasteiger partial charge in [-0.15, -0.1) is 5.10 Å². The monoisotopic (exact) mass is 224 g/mol. The summed E-state index contributed by atoms with van der Waals surface area (Å²) in [5.74, 6) is 0.653. The normalized spacial score (nSPS) is 19.4. The van der Waals surface area contributed by atoms with Gasteiger partial charge in [0.05, 0.1) is 6.04 Å². The van der Waals surface area contributed by atoms with Crippen molar-refractivity contribution < 1.29 is 4.42 Å². The van der Waals surface area contributed by atoms with Gasteiger partial charge in [-0.2, -0.15) is 0 Å². The van der Waals surface area contributed by atoms with Crippen LogP contribution in [-0.2, 0) is 0 Å². The second kappa shape index (κ2) is 4.41. The van der Waals surface area contributed by atoms with E-state index >= 15 is 0 Å². The smallest absolute Gasteiger partial charge is 0.315 e. The summed E-state index contributed by atoms with van der Waals surface area (Å²) < 4.78 is 5.56. The molecule has 1 atom stereocenters. The van der Waals surface area contributed by atoms with Crippen molar-refractivity contribution in [2.24, 2.45) is 0 Å². The number of rotatable bonds is 6. The molecule has 1 fully saturated rings. The van der Waals surface area contributed by atoms with E-state index in [2.05, 4.69) is 34.7 Å². The first kappa shape index (κ1) is 11.4. The van der Waals surface area contributed by atoms with Crippen LogP contribution in [0.25, 0.3) is 0 Å². The lowest BCUT2D eigenvalue weighted by atomic mass is 10.3. The highest BCUT2D eigenvalue weighted by molar-refractivity contribution is 5.28. The zero-order chi connectivity index (χ0) is 11.6. The number of nitrogens with zero attached hydrogens (tertiary/aromatic N) is 2. The van der Waals surface area contributed by atoms with Crippen molar-refractivity contribution >= 4 is 6.01 Å². The van der Waals surface area contributed by atoms with Crippen molar-refractivity contribution in [2.75, 3.05) is 11.9 Å². The standard InChI is InChI=1S/C11H20N4O/c1-4-7-12-8(2)9-14-15-10(16-9)13-11(3)5-6-11/h8,12H,4-7H2,1-3H3,(H,13,15). The van der Waals surface area contributed by atoms with Gasteiger partial charge in [0, 0.05) is 5.54 Å². The summed E-state index contributed by atoms with van der Waals surface area (Å²) in [5, 5.41) is 14.6. The van der Waals surface area contributed by atoms with Crippen LogP contribution in [0.4, 0.5) is 6.01 Å². The van der Waals surface area contributed by atoms with Crippen LogP contribution >= 0.6 is 0 Å². The molecule has 5 heteroatoms. The van der Waals surface area contributed by atoms with Crippen LogP contribution in [-0.4, -0.2) is 22.3 Å². The van der Waals surface area contributed by atoms with Crippen LogP contribution in [0.5, 0.6) is 0 Å². The molecule has 0 aliphatic heterocycles. The maximum absolute atomic E-state index is 5.56. The molecule has 1 unspecified atom stereocenters. The minimum absolute atomic E-state index is 0.120. The zero-order valence-corrected chi connectivity index (χ0v) is 10.2. The second-order valence-electron chi connectivity index (χ2n) is 4.81. The first-order valence-corrected chi connectivity index (χ1v) is 5.98. The fourth-order valence-corrected chi connectivity index (χ4v) is 1.48. The van der Waals surface area contributed by atoms with Crippen LogP contribution in [0.3, 0.4) is 0 Å². The molecule has 1 saturated carbocycles. The molecule has 16 heavy (non-hydrogen) atoms. The molecule has 0 saturated heterocycles. The molecule has 1 aliphatic rings. The molecular formula is C11H20N4O. The zero-order valence-electron chi connectivity index (χ0n) is 10.2. The predicted molar refractivity (Wildman–Crippen MR) is 62.3 cm³/mol. The summed E-state index contributed by atoms with van der Waals surface area (Å²) in [6, 6.07) is 0.662. The molecule has 0 spiro atoms. The summed E-state index contributed by atoms with van der Waals surface area (Å²) in [6.07, 6.45) is 3.45. The minimum atomic E-state index is 0.120. The highest BCUT2D eigenvalue weighted by Crippen LogP contribution is 2.37. The minimum Gasteiger partial charge on any atom is -0.406 e. The molecule has 1 aromatic heterocycles. The van der Waals surface area contributed by atoms with Gasteiger partial charge in [0.15, 0.2) is 0 Å². The molecule has 0 bridgehead atoms. The first-order chi connectivity index (χ1) is 7.63. The van der Waals surface area contributed by atoms with Gasteiger partial charge < -0.3 is 15.1 Å². The van der Waals surface area contributed by atoms with Crippen molar-refractivity contribution in [2.45, 2.75) is 51.6 Å². The molecule has 90 valence electrons. The van der Waals surface area contributed by atoms with Gasteiger partial charge in [0.1, 0.15) is 0 Å². The lowest BCUT2D eigenvalue weighted by molar-refractivity contribution is 0.421. The van der Waals surface area contributed by atoms with Gasteiger partial charge >= 0.3 is 6.01 Å². The van der Waals surface area contributed by atoms with Crippen molar-refractivity contribution in [1.29, 1.82) is 0 Å². The lowest BCUT2D eigenvalue weighted by Crippen LogP contribution is -2.19. The van der Waals surface area contributed by atoms with Gasteiger partial charge in [-0.3, -0.25) is 0 Å². The molecule has 1 aromatic rings. The lowest BCUT2D eigenvalue weighted by Gasteiger charge is -2.09. The van der Waals surface area contributed by atoms with Gasteiger partial charge in [0.25, 0.3) is 0 Å².